The fourth-order valence-electron chi connectivity index (χ4n) is 2.73. The Labute approximate surface area is 146 Å². The third kappa shape index (κ3) is 5.06. The largest absolute Gasteiger partial charge is 0.484 e. The van der Waals surface area contributed by atoms with Gasteiger partial charge < -0.3 is 15.0 Å². The van der Waals surface area contributed by atoms with Crippen LogP contribution < -0.4 is 10.1 Å². The van der Waals surface area contributed by atoms with E-state index in [9.17, 15) is 4.79 Å². The molecule has 3 rings (SSSR count). The molecule has 0 aliphatic carbocycles. The molecule has 23 heavy (non-hydrogen) atoms. The molecule has 0 bridgehead atoms. The minimum absolute atomic E-state index is 0.0798. The zero-order valence-corrected chi connectivity index (χ0v) is 15.0. The predicted octanol–water partition coefficient (Wildman–Crippen LogP) is 2.76. The van der Waals surface area contributed by atoms with Gasteiger partial charge in [-0.05, 0) is 48.6 Å². The van der Waals surface area contributed by atoms with E-state index in [1.165, 1.54) is 23.5 Å². The maximum Gasteiger partial charge on any atom is 0.260 e. The van der Waals surface area contributed by atoms with E-state index in [1.807, 2.05) is 40.6 Å². The average molecular weight is 353 g/mol. The Bertz CT molecular complexity index is 496. The third-order valence-corrected chi connectivity index (χ3v) is 7.05. The molecular weight excluding hydrogens is 328 g/mol. The highest BCUT2D eigenvalue weighted by Crippen LogP contribution is 2.43. The third-order valence-electron chi connectivity index (χ3n) is 4.03. The Morgan fingerprint density at radius 1 is 1.13 bits per heavy atom. The lowest BCUT2D eigenvalue weighted by Gasteiger charge is -2.22. The molecule has 1 aromatic carbocycles. The van der Waals surface area contributed by atoms with Gasteiger partial charge in [-0.1, -0.05) is 12.1 Å². The van der Waals surface area contributed by atoms with Crippen LogP contribution >= 0.6 is 23.5 Å². The van der Waals surface area contributed by atoms with Crippen LogP contribution in [0.4, 0.5) is 0 Å². The number of hydrogen-bond donors (Lipinski definition) is 1. The van der Waals surface area contributed by atoms with Crippen LogP contribution in [-0.2, 0) is 4.79 Å². The van der Waals surface area contributed by atoms with Gasteiger partial charge in [-0.2, -0.15) is 0 Å². The van der Waals surface area contributed by atoms with E-state index >= 15 is 0 Å². The number of nitrogens with zero attached hydrogens (tertiary/aromatic N) is 1. The Kier molecular flexibility index (Phi) is 6.54. The van der Waals surface area contributed by atoms with E-state index in [4.69, 9.17) is 4.74 Å². The molecule has 2 fully saturated rings. The highest BCUT2D eigenvalue weighted by atomic mass is 32.2. The van der Waals surface area contributed by atoms with E-state index in [2.05, 4.69) is 17.4 Å². The molecule has 2 saturated heterocycles. The molecule has 0 saturated carbocycles. The van der Waals surface area contributed by atoms with E-state index in [-0.39, 0.29) is 12.5 Å². The molecular formula is C17H24N2O2S2. The zero-order chi connectivity index (χ0) is 15.9. The molecule has 1 N–H and O–H groups in total. The normalized spacial score (nSPS) is 20.1. The first-order valence-corrected chi connectivity index (χ1v) is 10.4. The topological polar surface area (TPSA) is 41.6 Å². The Hall–Kier alpha value is -0.850. The van der Waals surface area contributed by atoms with Crippen molar-refractivity contribution in [3.8, 4) is 5.75 Å². The van der Waals surface area contributed by atoms with Crippen LogP contribution in [0.2, 0.25) is 0 Å². The van der Waals surface area contributed by atoms with E-state index < -0.39 is 0 Å². The predicted molar refractivity (Wildman–Crippen MR) is 98.3 cm³/mol. The van der Waals surface area contributed by atoms with Gasteiger partial charge >= 0.3 is 0 Å². The SMILES string of the molecule is O=C(COc1ccc(C2SCCCS2)cc1)N1CCCNCC1. The van der Waals surface area contributed by atoms with Gasteiger partial charge in [0.2, 0.25) is 0 Å². The molecule has 0 radical (unpaired) electrons. The minimum atomic E-state index is 0.0798. The molecule has 6 heteroatoms. The van der Waals surface area contributed by atoms with Gasteiger partial charge in [0.05, 0.1) is 4.58 Å². The second-order valence-electron chi connectivity index (χ2n) is 5.77. The summed E-state index contributed by atoms with van der Waals surface area (Å²) in [7, 11) is 0. The Balaban J connectivity index is 1.48. The summed E-state index contributed by atoms with van der Waals surface area (Å²) in [4.78, 5) is 14.1. The maximum absolute atomic E-state index is 12.2. The summed E-state index contributed by atoms with van der Waals surface area (Å²) in [5, 5.41) is 3.30. The Morgan fingerprint density at radius 2 is 1.91 bits per heavy atom. The number of rotatable bonds is 4. The molecule has 1 amide bonds. The summed E-state index contributed by atoms with van der Waals surface area (Å²) >= 11 is 4.03. The lowest BCUT2D eigenvalue weighted by Crippen LogP contribution is -2.37. The van der Waals surface area contributed by atoms with Crippen LogP contribution in [0.25, 0.3) is 0 Å². The number of ether oxygens (including phenoxy) is 1. The number of thioether (sulfide) groups is 2. The number of nitrogens with one attached hydrogen (secondary N) is 1. The molecule has 1 aromatic rings. The molecule has 2 heterocycles. The van der Waals surface area contributed by atoms with Crippen LogP contribution in [0.15, 0.2) is 24.3 Å². The summed E-state index contributed by atoms with van der Waals surface area (Å²) in [6.07, 6.45) is 2.32. The molecule has 126 valence electrons. The standard InChI is InChI=1S/C17H24N2O2S2/c20-16(19-9-1-7-18-8-10-19)13-21-15-5-3-14(4-6-15)17-22-11-2-12-23-17/h3-6,17-18H,1-2,7-13H2. The van der Waals surface area contributed by atoms with Gasteiger partial charge in [0.25, 0.3) is 5.91 Å². The van der Waals surface area contributed by atoms with Gasteiger partial charge in [0.1, 0.15) is 5.75 Å². The summed E-state index contributed by atoms with van der Waals surface area (Å²) in [5.74, 6) is 3.35. The molecule has 0 spiro atoms. The number of hydrogen-bond acceptors (Lipinski definition) is 5. The van der Waals surface area contributed by atoms with Crippen LogP contribution in [-0.4, -0.2) is 55.1 Å². The van der Waals surface area contributed by atoms with Gasteiger partial charge in [0.15, 0.2) is 6.61 Å². The van der Waals surface area contributed by atoms with Crippen molar-refractivity contribution in [2.75, 3.05) is 44.3 Å². The van der Waals surface area contributed by atoms with Crippen LogP contribution in [0.3, 0.4) is 0 Å². The first kappa shape index (κ1) is 17.0. The summed E-state index contributed by atoms with van der Waals surface area (Å²) < 4.78 is 6.22. The van der Waals surface area contributed by atoms with Crippen molar-refractivity contribution in [2.45, 2.75) is 17.4 Å². The fourth-order valence-corrected chi connectivity index (χ4v) is 5.63. The maximum atomic E-state index is 12.2. The zero-order valence-electron chi connectivity index (χ0n) is 13.3. The number of carbonyl (C=O) groups excluding carboxylic acids is 1. The van der Waals surface area contributed by atoms with Crippen molar-refractivity contribution in [2.24, 2.45) is 0 Å². The second kappa shape index (κ2) is 8.85. The van der Waals surface area contributed by atoms with Crippen molar-refractivity contribution in [1.29, 1.82) is 0 Å². The molecule has 4 nitrogen and oxygen atoms in total. The summed E-state index contributed by atoms with van der Waals surface area (Å²) in [5.41, 5.74) is 1.34. The van der Waals surface area contributed by atoms with E-state index in [0.717, 1.165) is 38.3 Å². The monoisotopic (exact) mass is 352 g/mol. The fraction of sp³-hybridized carbons (Fsp3) is 0.588. The second-order valence-corrected chi connectivity index (χ2v) is 8.49. The number of amides is 1. The lowest BCUT2D eigenvalue weighted by molar-refractivity contribution is -0.133. The first-order valence-electron chi connectivity index (χ1n) is 8.27. The molecule has 0 atom stereocenters. The van der Waals surface area contributed by atoms with Crippen LogP contribution in [0, 0.1) is 0 Å². The van der Waals surface area contributed by atoms with Crippen LogP contribution in [0.5, 0.6) is 5.75 Å². The Morgan fingerprint density at radius 3 is 2.70 bits per heavy atom. The molecule has 2 aliphatic rings. The number of benzene rings is 1. The van der Waals surface area contributed by atoms with E-state index in [0.29, 0.717) is 4.58 Å². The van der Waals surface area contributed by atoms with Gasteiger partial charge in [-0.3, -0.25) is 4.79 Å². The summed E-state index contributed by atoms with van der Waals surface area (Å²) in [6.45, 7) is 3.59. The van der Waals surface area contributed by atoms with Crippen molar-refractivity contribution in [3.63, 3.8) is 0 Å². The van der Waals surface area contributed by atoms with Crippen LogP contribution in [0.1, 0.15) is 23.0 Å². The molecule has 2 aliphatic heterocycles. The highest BCUT2D eigenvalue weighted by Gasteiger charge is 2.17. The minimum Gasteiger partial charge on any atom is -0.484 e. The van der Waals surface area contributed by atoms with Crippen molar-refractivity contribution in [3.05, 3.63) is 29.8 Å². The molecule has 0 unspecified atom stereocenters. The van der Waals surface area contributed by atoms with E-state index in [1.54, 1.807) is 0 Å². The quantitative estimate of drug-likeness (QED) is 0.902. The number of carbonyl (C=O) groups is 1. The van der Waals surface area contributed by atoms with Gasteiger partial charge in [-0.25, -0.2) is 0 Å². The van der Waals surface area contributed by atoms with Gasteiger partial charge in [-0.15, -0.1) is 23.5 Å². The highest BCUT2D eigenvalue weighted by molar-refractivity contribution is 8.16. The van der Waals surface area contributed by atoms with Gasteiger partial charge in [0, 0.05) is 19.6 Å². The average Bonchev–Trinajstić information content (AvgIpc) is 2.90. The van der Waals surface area contributed by atoms with Crippen molar-refractivity contribution < 1.29 is 9.53 Å². The smallest absolute Gasteiger partial charge is 0.260 e. The van der Waals surface area contributed by atoms with Crippen molar-refractivity contribution >= 4 is 29.4 Å². The lowest BCUT2D eigenvalue weighted by atomic mass is 10.2. The summed E-state index contributed by atoms with van der Waals surface area (Å²) in [6, 6.07) is 8.24. The first-order chi connectivity index (χ1) is 11.3. The molecule has 0 aromatic heterocycles. The van der Waals surface area contributed by atoms with Crippen molar-refractivity contribution in [1.82, 2.24) is 10.2 Å².